The van der Waals surface area contributed by atoms with Crippen LogP contribution < -0.4 is 15.4 Å². The summed E-state index contributed by atoms with van der Waals surface area (Å²) in [6.07, 6.45) is 2.10. The summed E-state index contributed by atoms with van der Waals surface area (Å²) in [5.74, 6) is 0.634. The number of halogens is 2. The van der Waals surface area contributed by atoms with E-state index in [2.05, 4.69) is 17.6 Å². The van der Waals surface area contributed by atoms with Crippen molar-refractivity contribution >= 4 is 58.2 Å². The lowest BCUT2D eigenvalue weighted by molar-refractivity contribution is -0.113. The lowest BCUT2D eigenvalue weighted by Gasteiger charge is -2.09. The standard InChI is InChI=1S/C25H24Cl2N2O3S/c1-2-3-14-32-20-9-5-18(6-10-20)28-24(30)16-33-21-11-7-19(8-12-21)29-25(31)22-13-4-17(26)15-23(22)27/h4-13,15H,2-3,14,16H2,1H3,(H,28,30)(H,29,31). The second-order valence-electron chi connectivity index (χ2n) is 7.17. The Bertz CT molecular complexity index is 1090. The molecule has 3 aromatic carbocycles. The summed E-state index contributed by atoms with van der Waals surface area (Å²) < 4.78 is 5.63. The summed E-state index contributed by atoms with van der Waals surface area (Å²) in [6, 6.07) is 19.3. The van der Waals surface area contributed by atoms with E-state index in [1.54, 1.807) is 24.3 Å². The molecule has 0 saturated heterocycles. The Balaban J connectivity index is 1.46. The van der Waals surface area contributed by atoms with Crippen molar-refractivity contribution in [1.82, 2.24) is 0 Å². The monoisotopic (exact) mass is 502 g/mol. The Morgan fingerprint density at radius 3 is 2.24 bits per heavy atom. The second-order valence-corrected chi connectivity index (χ2v) is 9.06. The fourth-order valence-electron chi connectivity index (χ4n) is 2.82. The highest BCUT2D eigenvalue weighted by Gasteiger charge is 2.11. The lowest BCUT2D eigenvalue weighted by Crippen LogP contribution is -2.14. The van der Waals surface area contributed by atoms with Crippen LogP contribution in [0.15, 0.2) is 71.6 Å². The van der Waals surface area contributed by atoms with Gasteiger partial charge in [0.2, 0.25) is 5.91 Å². The van der Waals surface area contributed by atoms with Crippen LogP contribution in [0.25, 0.3) is 0 Å². The number of amides is 2. The molecule has 0 unspecified atom stereocenters. The zero-order chi connectivity index (χ0) is 23.6. The number of carbonyl (C=O) groups excluding carboxylic acids is 2. The number of hydrogen-bond donors (Lipinski definition) is 2. The first kappa shape index (κ1) is 25.0. The molecule has 0 heterocycles. The van der Waals surface area contributed by atoms with E-state index in [1.807, 2.05) is 36.4 Å². The van der Waals surface area contributed by atoms with Gasteiger partial charge in [-0.3, -0.25) is 9.59 Å². The van der Waals surface area contributed by atoms with Crippen molar-refractivity contribution < 1.29 is 14.3 Å². The van der Waals surface area contributed by atoms with E-state index in [0.717, 1.165) is 29.2 Å². The molecule has 0 aromatic heterocycles. The molecule has 3 rings (SSSR count). The summed E-state index contributed by atoms with van der Waals surface area (Å²) >= 11 is 13.4. The highest BCUT2D eigenvalue weighted by Crippen LogP contribution is 2.24. The molecule has 3 aromatic rings. The molecular formula is C25H24Cl2N2O3S. The van der Waals surface area contributed by atoms with Gasteiger partial charge in [-0.15, -0.1) is 11.8 Å². The molecule has 0 aliphatic rings. The zero-order valence-electron chi connectivity index (χ0n) is 18.1. The van der Waals surface area contributed by atoms with Crippen LogP contribution in [0.5, 0.6) is 5.75 Å². The molecule has 0 fully saturated rings. The SMILES string of the molecule is CCCCOc1ccc(NC(=O)CSc2ccc(NC(=O)c3ccc(Cl)cc3Cl)cc2)cc1. The number of nitrogens with one attached hydrogen (secondary N) is 2. The van der Waals surface area contributed by atoms with Crippen molar-refractivity contribution in [2.45, 2.75) is 24.7 Å². The summed E-state index contributed by atoms with van der Waals surface area (Å²) in [7, 11) is 0. The van der Waals surface area contributed by atoms with Gasteiger partial charge in [0.05, 0.1) is 22.9 Å². The summed E-state index contributed by atoms with van der Waals surface area (Å²) in [5, 5.41) is 6.43. The van der Waals surface area contributed by atoms with E-state index in [-0.39, 0.29) is 22.6 Å². The molecule has 33 heavy (non-hydrogen) atoms. The molecular weight excluding hydrogens is 479 g/mol. The van der Waals surface area contributed by atoms with Gasteiger partial charge in [0, 0.05) is 21.3 Å². The van der Waals surface area contributed by atoms with E-state index in [4.69, 9.17) is 27.9 Å². The molecule has 2 N–H and O–H groups in total. The van der Waals surface area contributed by atoms with Crippen molar-refractivity contribution in [2.75, 3.05) is 23.0 Å². The smallest absolute Gasteiger partial charge is 0.257 e. The van der Waals surface area contributed by atoms with Crippen LogP contribution in [0.1, 0.15) is 30.1 Å². The van der Waals surface area contributed by atoms with Gasteiger partial charge in [0.15, 0.2) is 0 Å². The number of unbranched alkanes of at least 4 members (excludes halogenated alkanes) is 1. The molecule has 0 saturated carbocycles. The van der Waals surface area contributed by atoms with Crippen LogP contribution in [0.3, 0.4) is 0 Å². The normalized spacial score (nSPS) is 10.5. The maximum absolute atomic E-state index is 12.4. The Hall–Kier alpha value is -2.67. The van der Waals surface area contributed by atoms with E-state index < -0.39 is 0 Å². The summed E-state index contributed by atoms with van der Waals surface area (Å²) in [5.41, 5.74) is 1.69. The highest BCUT2D eigenvalue weighted by atomic mass is 35.5. The van der Waals surface area contributed by atoms with Gasteiger partial charge in [-0.05, 0) is 73.2 Å². The number of carbonyl (C=O) groups is 2. The van der Waals surface area contributed by atoms with Gasteiger partial charge in [-0.1, -0.05) is 36.5 Å². The average Bonchev–Trinajstić information content (AvgIpc) is 2.80. The Morgan fingerprint density at radius 2 is 1.58 bits per heavy atom. The number of ether oxygens (including phenoxy) is 1. The molecule has 5 nitrogen and oxygen atoms in total. The van der Waals surface area contributed by atoms with E-state index in [1.165, 1.54) is 17.8 Å². The van der Waals surface area contributed by atoms with Crippen molar-refractivity contribution in [2.24, 2.45) is 0 Å². The molecule has 0 atom stereocenters. The average molecular weight is 503 g/mol. The number of benzene rings is 3. The lowest BCUT2D eigenvalue weighted by atomic mass is 10.2. The molecule has 172 valence electrons. The maximum Gasteiger partial charge on any atom is 0.257 e. The van der Waals surface area contributed by atoms with Crippen LogP contribution in [0, 0.1) is 0 Å². The van der Waals surface area contributed by atoms with Crippen molar-refractivity contribution in [3.63, 3.8) is 0 Å². The van der Waals surface area contributed by atoms with E-state index >= 15 is 0 Å². The molecule has 0 spiro atoms. The Morgan fingerprint density at radius 1 is 0.909 bits per heavy atom. The minimum Gasteiger partial charge on any atom is -0.494 e. The van der Waals surface area contributed by atoms with Crippen LogP contribution in [-0.4, -0.2) is 24.2 Å². The van der Waals surface area contributed by atoms with Gasteiger partial charge in [-0.2, -0.15) is 0 Å². The summed E-state index contributed by atoms with van der Waals surface area (Å²) in [4.78, 5) is 25.6. The van der Waals surface area contributed by atoms with Gasteiger partial charge in [0.25, 0.3) is 5.91 Å². The molecule has 8 heteroatoms. The third kappa shape index (κ3) is 8.00. The van der Waals surface area contributed by atoms with E-state index in [0.29, 0.717) is 22.9 Å². The number of thioether (sulfide) groups is 1. The Kier molecular flexibility index (Phi) is 9.48. The minimum absolute atomic E-state index is 0.102. The highest BCUT2D eigenvalue weighted by molar-refractivity contribution is 8.00. The third-order valence-corrected chi connectivity index (χ3v) is 6.12. The zero-order valence-corrected chi connectivity index (χ0v) is 20.4. The molecule has 0 aliphatic carbocycles. The number of anilines is 2. The Labute approximate surface area is 207 Å². The van der Waals surface area contributed by atoms with Gasteiger partial charge in [-0.25, -0.2) is 0 Å². The van der Waals surface area contributed by atoms with Crippen LogP contribution in [0.4, 0.5) is 11.4 Å². The largest absolute Gasteiger partial charge is 0.494 e. The van der Waals surface area contributed by atoms with Crippen molar-refractivity contribution in [1.29, 1.82) is 0 Å². The molecule has 0 aliphatic heterocycles. The number of rotatable bonds is 10. The fraction of sp³-hybridized carbons (Fsp3) is 0.200. The predicted molar refractivity (Wildman–Crippen MR) is 137 cm³/mol. The minimum atomic E-state index is -0.321. The van der Waals surface area contributed by atoms with Gasteiger partial charge >= 0.3 is 0 Å². The first-order valence-electron chi connectivity index (χ1n) is 10.5. The van der Waals surface area contributed by atoms with Crippen molar-refractivity contribution in [3.8, 4) is 5.75 Å². The van der Waals surface area contributed by atoms with Crippen LogP contribution >= 0.6 is 35.0 Å². The van der Waals surface area contributed by atoms with Crippen LogP contribution in [-0.2, 0) is 4.79 Å². The quantitative estimate of drug-likeness (QED) is 0.228. The second kappa shape index (κ2) is 12.5. The van der Waals surface area contributed by atoms with Gasteiger partial charge in [0.1, 0.15) is 5.75 Å². The number of hydrogen-bond acceptors (Lipinski definition) is 4. The predicted octanol–water partition coefficient (Wildman–Crippen LogP) is 7.16. The van der Waals surface area contributed by atoms with Gasteiger partial charge < -0.3 is 15.4 Å². The topological polar surface area (TPSA) is 67.4 Å². The fourth-order valence-corrected chi connectivity index (χ4v) is 4.01. The maximum atomic E-state index is 12.4. The summed E-state index contributed by atoms with van der Waals surface area (Å²) in [6.45, 7) is 2.81. The van der Waals surface area contributed by atoms with E-state index in [9.17, 15) is 9.59 Å². The molecule has 0 bridgehead atoms. The third-order valence-electron chi connectivity index (χ3n) is 4.56. The van der Waals surface area contributed by atoms with Crippen LogP contribution in [0.2, 0.25) is 10.0 Å². The molecule has 2 amide bonds. The first-order chi connectivity index (χ1) is 15.9. The van der Waals surface area contributed by atoms with Crippen molar-refractivity contribution in [3.05, 3.63) is 82.3 Å². The first-order valence-corrected chi connectivity index (χ1v) is 12.2. The molecule has 0 radical (unpaired) electrons.